The summed E-state index contributed by atoms with van der Waals surface area (Å²) in [5.74, 6) is -1.73. The highest BCUT2D eigenvalue weighted by atomic mass is 16.6. The zero-order valence-corrected chi connectivity index (χ0v) is 10.3. The van der Waals surface area contributed by atoms with Gasteiger partial charge in [-0.3, -0.25) is 4.79 Å². The molecular formula is C11H19NO5. The van der Waals surface area contributed by atoms with E-state index in [1.54, 1.807) is 20.8 Å². The van der Waals surface area contributed by atoms with Gasteiger partial charge >= 0.3 is 12.1 Å². The monoisotopic (exact) mass is 245 g/mol. The van der Waals surface area contributed by atoms with E-state index in [2.05, 4.69) is 0 Å². The zero-order chi connectivity index (χ0) is 13.2. The van der Waals surface area contributed by atoms with E-state index in [1.165, 1.54) is 4.90 Å². The lowest BCUT2D eigenvalue weighted by molar-refractivity contribution is -0.145. The second-order valence-corrected chi connectivity index (χ2v) is 5.31. The molecular weight excluding hydrogens is 226 g/mol. The van der Waals surface area contributed by atoms with Gasteiger partial charge in [-0.15, -0.1) is 0 Å². The molecule has 0 spiro atoms. The van der Waals surface area contributed by atoms with Gasteiger partial charge in [0.1, 0.15) is 5.60 Å². The molecule has 98 valence electrons. The molecule has 6 nitrogen and oxygen atoms in total. The van der Waals surface area contributed by atoms with Gasteiger partial charge in [0.25, 0.3) is 0 Å². The lowest BCUT2D eigenvalue weighted by Gasteiger charge is -2.34. The summed E-state index contributed by atoms with van der Waals surface area (Å²) in [6, 6.07) is 0. The number of carbonyl (C=O) groups is 2. The number of carboxylic acid groups (broad SMARTS) is 1. The minimum absolute atomic E-state index is 0.0846. The molecule has 0 aromatic heterocycles. The van der Waals surface area contributed by atoms with Gasteiger partial charge in [0.05, 0.1) is 12.0 Å². The van der Waals surface area contributed by atoms with Crippen molar-refractivity contribution in [2.75, 3.05) is 13.1 Å². The molecule has 17 heavy (non-hydrogen) atoms. The molecule has 0 saturated carbocycles. The summed E-state index contributed by atoms with van der Waals surface area (Å²) < 4.78 is 5.14. The number of nitrogens with zero attached hydrogens (tertiary/aromatic N) is 1. The van der Waals surface area contributed by atoms with Gasteiger partial charge in [-0.05, 0) is 27.2 Å². The number of rotatable bonds is 1. The lowest BCUT2D eigenvalue weighted by atomic mass is 9.96. The van der Waals surface area contributed by atoms with Crippen LogP contribution in [0.5, 0.6) is 0 Å². The van der Waals surface area contributed by atoms with Crippen molar-refractivity contribution in [3.63, 3.8) is 0 Å². The second kappa shape index (κ2) is 4.91. The van der Waals surface area contributed by atoms with E-state index >= 15 is 0 Å². The van der Waals surface area contributed by atoms with Crippen LogP contribution in [0.25, 0.3) is 0 Å². The Morgan fingerprint density at radius 1 is 1.29 bits per heavy atom. The predicted octanol–water partition coefficient (Wildman–Crippen LogP) is 0.689. The fraction of sp³-hybridized carbons (Fsp3) is 0.818. The quantitative estimate of drug-likeness (QED) is 0.709. The fourth-order valence-corrected chi connectivity index (χ4v) is 1.73. The third-order valence-electron chi connectivity index (χ3n) is 2.43. The number of aliphatic hydroxyl groups excluding tert-OH is 1. The number of β-amino-alcohol motifs (C(OH)–C–C–N with tert-alkyl or cyclic N) is 1. The van der Waals surface area contributed by atoms with Crippen molar-refractivity contribution in [2.24, 2.45) is 5.92 Å². The average molecular weight is 245 g/mol. The molecule has 0 aromatic carbocycles. The van der Waals surface area contributed by atoms with Crippen molar-refractivity contribution in [2.45, 2.75) is 38.9 Å². The number of amides is 1. The minimum Gasteiger partial charge on any atom is -0.481 e. The van der Waals surface area contributed by atoms with Crippen molar-refractivity contribution in [3.05, 3.63) is 0 Å². The fourth-order valence-electron chi connectivity index (χ4n) is 1.73. The Hall–Kier alpha value is -1.30. The summed E-state index contributed by atoms with van der Waals surface area (Å²) >= 11 is 0. The molecule has 1 heterocycles. The SMILES string of the molecule is CC(C)(C)OC(=O)N1C[C@@H](O)C[C@H](C(=O)O)C1. The summed E-state index contributed by atoms with van der Waals surface area (Å²) in [5, 5.41) is 18.4. The second-order valence-electron chi connectivity index (χ2n) is 5.31. The molecule has 0 bridgehead atoms. The summed E-state index contributed by atoms with van der Waals surface area (Å²) in [5.41, 5.74) is -0.627. The van der Waals surface area contributed by atoms with Gasteiger partial charge in [-0.25, -0.2) is 4.79 Å². The van der Waals surface area contributed by atoms with Crippen LogP contribution in [-0.2, 0) is 9.53 Å². The first-order valence-corrected chi connectivity index (χ1v) is 5.58. The predicted molar refractivity (Wildman–Crippen MR) is 59.6 cm³/mol. The topological polar surface area (TPSA) is 87.1 Å². The molecule has 0 aromatic rings. The van der Waals surface area contributed by atoms with E-state index < -0.39 is 29.7 Å². The standard InChI is InChI=1S/C11H19NO5/c1-11(2,3)17-10(16)12-5-7(9(14)15)4-8(13)6-12/h7-8,13H,4-6H2,1-3H3,(H,14,15)/t7-,8-/m0/s1. The van der Waals surface area contributed by atoms with Gasteiger partial charge in [0.15, 0.2) is 0 Å². The number of ether oxygens (including phenoxy) is 1. The van der Waals surface area contributed by atoms with E-state index in [0.717, 1.165) is 0 Å². The van der Waals surface area contributed by atoms with Crippen LogP contribution in [-0.4, -0.2) is 52.0 Å². The molecule has 1 aliphatic heterocycles. The molecule has 2 N–H and O–H groups in total. The van der Waals surface area contributed by atoms with Crippen LogP contribution in [0.1, 0.15) is 27.2 Å². The average Bonchev–Trinajstić information content (AvgIpc) is 2.13. The Morgan fingerprint density at radius 2 is 1.88 bits per heavy atom. The van der Waals surface area contributed by atoms with Crippen LogP contribution in [0.15, 0.2) is 0 Å². The van der Waals surface area contributed by atoms with E-state index in [9.17, 15) is 14.7 Å². The number of aliphatic carboxylic acids is 1. The van der Waals surface area contributed by atoms with Crippen LogP contribution < -0.4 is 0 Å². The molecule has 0 unspecified atom stereocenters. The van der Waals surface area contributed by atoms with Crippen molar-refractivity contribution >= 4 is 12.1 Å². The molecule has 1 aliphatic rings. The number of hydrogen-bond donors (Lipinski definition) is 2. The largest absolute Gasteiger partial charge is 0.481 e. The van der Waals surface area contributed by atoms with Crippen LogP contribution >= 0.6 is 0 Å². The Labute approximate surface area is 100 Å². The maximum Gasteiger partial charge on any atom is 0.410 e. The van der Waals surface area contributed by atoms with Crippen molar-refractivity contribution in [3.8, 4) is 0 Å². The van der Waals surface area contributed by atoms with Gasteiger partial charge in [0.2, 0.25) is 0 Å². The van der Waals surface area contributed by atoms with Crippen molar-refractivity contribution in [1.29, 1.82) is 0 Å². The van der Waals surface area contributed by atoms with Gasteiger partial charge in [-0.2, -0.15) is 0 Å². The Bertz CT molecular complexity index is 309. The van der Waals surface area contributed by atoms with Crippen LogP contribution in [0.3, 0.4) is 0 Å². The third-order valence-corrected chi connectivity index (χ3v) is 2.43. The highest BCUT2D eigenvalue weighted by Gasteiger charge is 2.34. The minimum atomic E-state index is -1.00. The number of aliphatic hydroxyl groups is 1. The van der Waals surface area contributed by atoms with E-state index in [0.29, 0.717) is 0 Å². The van der Waals surface area contributed by atoms with Gasteiger partial charge in [-0.1, -0.05) is 0 Å². The lowest BCUT2D eigenvalue weighted by Crippen LogP contribution is -2.49. The van der Waals surface area contributed by atoms with Crippen molar-refractivity contribution < 1.29 is 24.5 Å². The Morgan fingerprint density at radius 3 is 2.35 bits per heavy atom. The summed E-state index contributed by atoms with van der Waals surface area (Å²) in [6.07, 6.45) is -1.21. The molecule has 0 aliphatic carbocycles. The number of hydrogen-bond acceptors (Lipinski definition) is 4. The molecule has 1 rings (SSSR count). The maximum absolute atomic E-state index is 11.7. The highest BCUT2D eigenvalue weighted by Crippen LogP contribution is 2.19. The first-order chi connectivity index (χ1) is 7.69. The first kappa shape index (κ1) is 13.8. The van der Waals surface area contributed by atoms with Gasteiger partial charge in [0, 0.05) is 13.1 Å². The number of carbonyl (C=O) groups excluding carboxylic acids is 1. The van der Waals surface area contributed by atoms with E-state index in [4.69, 9.17) is 9.84 Å². The molecule has 2 atom stereocenters. The Balaban J connectivity index is 2.64. The third kappa shape index (κ3) is 4.22. The zero-order valence-electron chi connectivity index (χ0n) is 10.3. The van der Waals surface area contributed by atoms with Crippen LogP contribution in [0.2, 0.25) is 0 Å². The van der Waals surface area contributed by atoms with Gasteiger partial charge < -0.3 is 19.8 Å². The van der Waals surface area contributed by atoms with Crippen LogP contribution in [0, 0.1) is 5.92 Å². The van der Waals surface area contributed by atoms with E-state index in [-0.39, 0.29) is 19.5 Å². The molecule has 1 saturated heterocycles. The number of carboxylic acids is 1. The number of piperidine rings is 1. The highest BCUT2D eigenvalue weighted by molar-refractivity contribution is 5.73. The van der Waals surface area contributed by atoms with Crippen molar-refractivity contribution in [1.82, 2.24) is 4.90 Å². The molecule has 6 heteroatoms. The normalized spacial score (nSPS) is 25.5. The molecule has 1 amide bonds. The molecule has 1 fully saturated rings. The summed E-state index contributed by atoms with van der Waals surface area (Å²) in [6.45, 7) is 5.42. The summed E-state index contributed by atoms with van der Waals surface area (Å²) in [7, 11) is 0. The first-order valence-electron chi connectivity index (χ1n) is 5.58. The Kier molecular flexibility index (Phi) is 3.98. The molecule has 0 radical (unpaired) electrons. The maximum atomic E-state index is 11.7. The summed E-state index contributed by atoms with van der Waals surface area (Å²) in [4.78, 5) is 23.8. The number of likely N-dealkylation sites (tertiary alicyclic amines) is 1. The van der Waals surface area contributed by atoms with E-state index in [1.807, 2.05) is 0 Å². The smallest absolute Gasteiger partial charge is 0.410 e. The van der Waals surface area contributed by atoms with Crippen LogP contribution in [0.4, 0.5) is 4.79 Å².